The van der Waals surface area contributed by atoms with Crippen LogP contribution in [-0.4, -0.2) is 21.1 Å². The Morgan fingerprint density at radius 1 is 1.14 bits per heavy atom. The van der Waals surface area contributed by atoms with E-state index in [9.17, 15) is 4.79 Å². The average Bonchev–Trinajstić information content (AvgIpc) is 3.12. The second kappa shape index (κ2) is 6.95. The maximum Gasteiger partial charge on any atom is 0.260 e. The summed E-state index contributed by atoms with van der Waals surface area (Å²) < 4.78 is 7.71. The SMILES string of the molecule is CCOc1ccc(-n2c(C)cc(-c3nc4sc(C)c(C)c4c(=O)[nH]3)c2C)cc1. The molecule has 28 heavy (non-hydrogen) atoms. The summed E-state index contributed by atoms with van der Waals surface area (Å²) in [4.78, 5) is 22.3. The van der Waals surface area contributed by atoms with Gasteiger partial charge in [0.2, 0.25) is 0 Å². The second-order valence-electron chi connectivity index (χ2n) is 6.93. The molecule has 3 heterocycles. The van der Waals surface area contributed by atoms with Crippen molar-refractivity contribution in [2.45, 2.75) is 34.6 Å². The highest BCUT2D eigenvalue weighted by Gasteiger charge is 2.17. The first-order valence-corrected chi connectivity index (χ1v) is 10.1. The van der Waals surface area contributed by atoms with E-state index in [0.717, 1.165) is 43.7 Å². The molecule has 0 radical (unpaired) electrons. The van der Waals surface area contributed by atoms with Gasteiger partial charge in [-0.3, -0.25) is 4.79 Å². The van der Waals surface area contributed by atoms with Crippen LogP contribution in [0.1, 0.15) is 28.8 Å². The smallest absolute Gasteiger partial charge is 0.260 e. The summed E-state index contributed by atoms with van der Waals surface area (Å²) in [7, 11) is 0. The van der Waals surface area contributed by atoms with Crippen LogP contribution in [0.15, 0.2) is 35.1 Å². The Labute approximate surface area is 167 Å². The van der Waals surface area contributed by atoms with Crippen LogP contribution in [0.4, 0.5) is 0 Å². The number of nitrogens with zero attached hydrogens (tertiary/aromatic N) is 2. The van der Waals surface area contributed by atoms with E-state index in [2.05, 4.69) is 22.5 Å². The molecule has 0 aliphatic heterocycles. The van der Waals surface area contributed by atoms with Gasteiger partial charge in [-0.15, -0.1) is 11.3 Å². The van der Waals surface area contributed by atoms with Crippen LogP contribution in [0.5, 0.6) is 5.75 Å². The number of fused-ring (bicyclic) bond motifs is 1. The molecule has 3 aromatic heterocycles. The third-order valence-electron chi connectivity index (χ3n) is 5.13. The van der Waals surface area contributed by atoms with Gasteiger partial charge < -0.3 is 14.3 Å². The molecule has 0 atom stereocenters. The summed E-state index contributed by atoms with van der Waals surface area (Å²) in [5, 5.41) is 0.701. The number of thiophene rings is 1. The average molecular weight is 394 g/mol. The number of H-pyrrole nitrogens is 1. The molecule has 0 unspecified atom stereocenters. The normalized spacial score (nSPS) is 11.3. The first-order valence-electron chi connectivity index (χ1n) is 9.33. The minimum atomic E-state index is -0.0762. The molecule has 144 valence electrons. The first kappa shape index (κ1) is 18.5. The van der Waals surface area contributed by atoms with E-state index in [1.807, 2.05) is 52.0 Å². The standard InChI is InChI=1S/C22H23N3O2S/c1-6-27-17-9-7-16(8-10-17)25-12(2)11-18(14(25)4)20-23-21(26)19-13(3)15(5)28-22(19)24-20/h7-11H,6H2,1-5H3,(H,23,24,26). The van der Waals surface area contributed by atoms with Crippen molar-refractivity contribution in [1.82, 2.24) is 14.5 Å². The number of benzene rings is 1. The van der Waals surface area contributed by atoms with E-state index in [4.69, 9.17) is 9.72 Å². The molecule has 1 N–H and O–H groups in total. The van der Waals surface area contributed by atoms with Crippen LogP contribution in [0.2, 0.25) is 0 Å². The fraction of sp³-hybridized carbons (Fsp3) is 0.273. The molecule has 0 bridgehead atoms. The number of rotatable bonds is 4. The summed E-state index contributed by atoms with van der Waals surface area (Å²) >= 11 is 1.57. The predicted octanol–water partition coefficient (Wildman–Crippen LogP) is 5.07. The van der Waals surface area contributed by atoms with Gasteiger partial charge in [0.15, 0.2) is 0 Å². The predicted molar refractivity (Wildman–Crippen MR) is 115 cm³/mol. The maximum atomic E-state index is 12.7. The molecule has 4 rings (SSSR count). The molecular formula is C22H23N3O2S. The highest BCUT2D eigenvalue weighted by molar-refractivity contribution is 7.18. The Hall–Kier alpha value is -2.86. The summed E-state index contributed by atoms with van der Waals surface area (Å²) in [6.07, 6.45) is 0. The van der Waals surface area contributed by atoms with Gasteiger partial charge in [-0.2, -0.15) is 0 Å². The molecule has 0 amide bonds. The van der Waals surface area contributed by atoms with Crippen LogP contribution in [0.3, 0.4) is 0 Å². The second-order valence-corrected chi connectivity index (χ2v) is 8.13. The number of ether oxygens (including phenoxy) is 1. The van der Waals surface area contributed by atoms with Crippen LogP contribution in [0.25, 0.3) is 27.3 Å². The van der Waals surface area contributed by atoms with Gasteiger partial charge in [-0.1, -0.05) is 0 Å². The topological polar surface area (TPSA) is 59.9 Å². The van der Waals surface area contributed by atoms with Gasteiger partial charge in [0, 0.05) is 27.5 Å². The fourth-order valence-corrected chi connectivity index (χ4v) is 4.67. The summed E-state index contributed by atoms with van der Waals surface area (Å²) in [6.45, 7) is 10.7. The molecule has 0 aliphatic rings. The van der Waals surface area contributed by atoms with Crippen molar-refractivity contribution >= 4 is 21.6 Å². The van der Waals surface area contributed by atoms with E-state index in [-0.39, 0.29) is 5.56 Å². The molecule has 5 nitrogen and oxygen atoms in total. The van der Waals surface area contributed by atoms with Crippen LogP contribution >= 0.6 is 11.3 Å². The van der Waals surface area contributed by atoms with Gasteiger partial charge in [0.25, 0.3) is 5.56 Å². The zero-order chi connectivity index (χ0) is 20.0. The molecule has 0 saturated heterocycles. The maximum absolute atomic E-state index is 12.7. The number of aromatic nitrogens is 3. The highest BCUT2D eigenvalue weighted by atomic mass is 32.1. The third kappa shape index (κ3) is 2.94. The molecule has 1 aromatic carbocycles. The molecule has 0 spiro atoms. The quantitative estimate of drug-likeness (QED) is 0.526. The lowest BCUT2D eigenvalue weighted by Gasteiger charge is -2.11. The third-order valence-corrected chi connectivity index (χ3v) is 6.23. The number of aryl methyl sites for hydroxylation is 3. The Morgan fingerprint density at radius 2 is 1.86 bits per heavy atom. The molecule has 6 heteroatoms. The van der Waals surface area contributed by atoms with Gasteiger partial charge in [-0.25, -0.2) is 4.98 Å². The van der Waals surface area contributed by atoms with Crippen molar-refractivity contribution < 1.29 is 4.74 Å². The van der Waals surface area contributed by atoms with Gasteiger partial charge in [0.05, 0.1) is 12.0 Å². The number of hydrogen-bond donors (Lipinski definition) is 1. The van der Waals surface area contributed by atoms with E-state index in [1.165, 1.54) is 0 Å². The van der Waals surface area contributed by atoms with Crippen LogP contribution < -0.4 is 10.3 Å². The molecule has 4 aromatic rings. The lowest BCUT2D eigenvalue weighted by Crippen LogP contribution is -2.09. The van der Waals surface area contributed by atoms with E-state index >= 15 is 0 Å². The summed E-state index contributed by atoms with van der Waals surface area (Å²) in [5.41, 5.74) is 5.05. The lowest BCUT2D eigenvalue weighted by molar-refractivity contribution is 0.340. The number of nitrogens with one attached hydrogen (secondary N) is 1. The molecular weight excluding hydrogens is 370 g/mol. The van der Waals surface area contributed by atoms with Gasteiger partial charge in [0.1, 0.15) is 16.4 Å². The van der Waals surface area contributed by atoms with Gasteiger partial charge >= 0.3 is 0 Å². The zero-order valence-corrected chi connectivity index (χ0v) is 17.5. The Balaban J connectivity index is 1.83. The minimum Gasteiger partial charge on any atom is -0.494 e. The van der Waals surface area contributed by atoms with Crippen LogP contribution in [0, 0.1) is 27.7 Å². The molecule has 0 saturated carbocycles. The van der Waals surface area contributed by atoms with Crippen molar-refractivity contribution in [2.24, 2.45) is 0 Å². The lowest BCUT2D eigenvalue weighted by atomic mass is 10.2. The fourth-order valence-electron chi connectivity index (χ4n) is 3.64. The first-order chi connectivity index (χ1) is 13.4. The van der Waals surface area contributed by atoms with Crippen molar-refractivity contribution in [3.63, 3.8) is 0 Å². The Kier molecular flexibility index (Phi) is 4.59. The van der Waals surface area contributed by atoms with E-state index < -0.39 is 0 Å². The Morgan fingerprint density at radius 3 is 2.54 bits per heavy atom. The number of aromatic amines is 1. The molecule has 0 fully saturated rings. The summed E-state index contributed by atoms with van der Waals surface area (Å²) in [6, 6.07) is 10.1. The number of hydrogen-bond acceptors (Lipinski definition) is 4. The minimum absolute atomic E-state index is 0.0762. The van der Waals surface area contributed by atoms with Crippen molar-refractivity contribution in [3.8, 4) is 22.8 Å². The highest BCUT2D eigenvalue weighted by Crippen LogP contribution is 2.31. The van der Waals surface area contributed by atoms with E-state index in [0.29, 0.717) is 17.8 Å². The van der Waals surface area contributed by atoms with Crippen molar-refractivity contribution in [1.29, 1.82) is 0 Å². The Bertz CT molecular complexity index is 1230. The van der Waals surface area contributed by atoms with Gasteiger partial charge in [-0.05, 0) is 70.5 Å². The monoisotopic (exact) mass is 393 g/mol. The van der Waals surface area contributed by atoms with Crippen molar-refractivity contribution in [3.05, 3.63) is 62.5 Å². The zero-order valence-electron chi connectivity index (χ0n) is 16.7. The summed E-state index contributed by atoms with van der Waals surface area (Å²) in [5.74, 6) is 1.47. The van der Waals surface area contributed by atoms with Crippen LogP contribution in [-0.2, 0) is 0 Å². The van der Waals surface area contributed by atoms with E-state index in [1.54, 1.807) is 11.3 Å². The molecule has 0 aliphatic carbocycles. The van der Waals surface area contributed by atoms with Crippen molar-refractivity contribution in [2.75, 3.05) is 6.61 Å². The largest absolute Gasteiger partial charge is 0.494 e.